The standard InChI is InChI=1S/C10H7F4NO/c11-9-7(4-5-15-6-16)2-1-3-8(9)10(12,13)14/h1-3H,4-5H2. The molecule has 0 aromatic heterocycles. The van der Waals surface area contributed by atoms with Gasteiger partial charge >= 0.3 is 6.18 Å². The molecule has 2 nitrogen and oxygen atoms in total. The first-order valence-corrected chi connectivity index (χ1v) is 4.35. The Morgan fingerprint density at radius 3 is 2.56 bits per heavy atom. The molecule has 1 rings (SSSR count). The molecule has 86 valence electrons. The lowest BCUT2D eigenvalue weighted by Crippen LogP contribution is -2.10. The molecule has 1 aromatic rings. The number of benzene rings is 1. The number of isocyanates is 1. The van der Waals surface area contributed by atoms with Crippen molar-refractivity contribution in [3.63, 3.8) is 0 Å². The maximum absolute atomic E-state index is 13.3. The van der Waals surface area contributed by atoms with E-state index in [1.165, 1.54) is 12.1 Å². The fourth-order valence-corrected chi connectivity index (χ4v) is 1.21. The third-order valence-electron chi connectivity index (χ3n) is 1.94. The molecule has 16 heavy (non-hydrogen) atoms. The van der Waals surface area contributed by atoms with Gasteiger partial charge in [0.25, 0.3) is 0 Å². The second-order valence-corrected chi connectivity index (χ2v) is 3.00. The highest BCUT2D eigenvalue weighted by atomic mass is 19.4. The summed E-state index contributed by atoms with van der Waals surface area (Å²) in [6.45, 7) is -0.0816. The van der Waals surface area contributed by atoms with Crippen LogP contribution in [0.15, 0.2) is 23.2 Å². The van der Waals surface area contributed by atoms with Gasteiger partial charge in [0.2, 0.25) is 6.08 Å². The molecule has 0 N–H and O–H groups in total. The van der Waals surface area contributed by atoms with Crippen molar-refractivity contribution in [3.05, 3.63) is 35.1 Å². The molecule has 0 aliphatic heterocycles. The van der Waals surface area contributed by atoms with E-state index in [1.54, 1.807) is 0 Å². The summed E-state index contributed by atoms with van der Waals surface area (Å²) in [5, 5.41) is 0. The van der Waals surface area contributed by atoms with Crippen LogP contribution in [0.25, 0.3) is 0 Å². The Morgan fingerprint density at radius 2 is 2.00 bits per heavy atom. The van der Waals surface area contributed by atoms with Gasteiger partial charge in [-0.3, -0.25) is 0 Å². The summed E-state index contributed by atoms with van der Waals surface area (Å²) in [5.41, 5.74) is -1.42. The van der Waals surface area contributed by atoms with E-state index < -0.39 is 17.6 Å². The van der Waals surface area contributed by atoms with E-state index in [9.17, 15) is 22.4 Å². The van der Waals surface area contributed by atoms with Crippen LogP contribution in [-0.4, -0.2) is 12.6 Å². The van der Waals surface area contributed by atoms with E-state index in [0.29, 0.717) is 6.07 Å². The number of hydrogen-bond donors (Lipinski definition) is 0. The summed E-state index contributed by atoms with van der Waals surface area (Å²) in [6, 6.07) is 3.01. The minimum atomic E-state index is -4.71. The normalized spacial score (nSPS) is 11.0. The molecule has 0 saturated carbocycles. The quantitative estimate of drug-likeness (QED) is 0.448. The lowest BCUT2D eigenvalue weighted by atomic mass is 10.1. The van der Waals surface area contributed by atoms with E-state index in [1.807, 2.05) is 0 Å². The molecule has 6 heteroatoms. The zero-order chi connectivity index (χ0) is 12.2. The Hall–Kier alpha value is -1.68. The van der Waals surface area contributed by atoms with Gasteiger partial charge in [-0.25, -0.2) is 14.2 Å². The van der Waals surface area contributed by atoms with Crippen molar-refractivity contribution in [1.29, 1.82) is 0 Å². The second-order valence-electron chi connectivity index (χ2n) is 3.00. The fraction of sp³-hybridized carbons (Fsp3) is 0.300. The lowest BCUT2D eigenvalue weighted by molar-refractivity contribution is -0.140. The minimum absolute atomic E-state index is 0.0645. The molecule has 1 aromatic carbocycles. The predicted molar refractivity (Wildman–Crippen MR) is 48.1 cm³/mol. The van der Waals surface area contributed by atoms with Gasteiger partial charge in [0.15, 0.2) is 0 Å². The first-order chi connectivity index (χ1) is 7.46. The Kier molecular flexibility index (Phi) is 3.79. The van der Waals surface area contributed by atoms with Crippen LogP contribution in [0.5, 0.6) is 0 Å². The first-order valence-electron chi connectivity index (χ1n) is 4.35. The Labute approximate surface area is 88.6 Å². The molecule has 0 heterocycles. The molecular formula is C10H7F4NO. The van der Waals surface area contributed by atoms with Crippen LogP contribution in [0.2, 0.25) is 0 Å². The van der Waals surface area contributed by atoms with Gasteiger partial charge in [0.05, 0.1) is 12.1 Å². The Bertz CT molecular complexity index is 421. The summed E-state index contributed by atoms with van der Waals surface area (Å²) < 4.78 is 50.2. The molecule has 0 aliphatic carbocycles. The average molecular weight is 233 g/mol. The molecule has 0 radical (unpaired) electrons. The number of hydrogen-bond acceptors (Lipinski definition) is 2. The third-order valence-corrected chi connectivity index (χ3v) is 1.94. The molecule has 0 amide bonds. The highest BCUT2D eigenvalue weighted by Gasteiger charge is 2.34. The van der Waals surface area contributed by atoms with Crippen molar-refractivity contribution in [2.45, 2.75) is 12.6 Å². The minimum Gasteiger partial charge on any atom is -0.211 e. The zero-order valence-electron chi connectivity index (χ0n) is 8.01. The highest BCUT2D eigenvalue weighted by molar-refractivity contribution is 5.33. The van der Waals surface area contributed by atoms with Gasteiger partial charge in [-0.2, -0.15) is 13.2 Å². The number of carbonyl (C=O) groups excluding carboxylic acids is 1. The topological polar surface area (TPSA) is 29.4 Å². The van der Waals surface area contributed by atoms with Crippen LogP contribution in [-0.2, 0) is 17.4 Å². The van der Waals surface area contributed by atoms with E-state index in [2.05, 4.69) is 4.99 Å². The number of nitrogens with zero attached hydrogens (tertiary/aromatic N) is 1. The van der Waals surface area contributed by atoms with Gasteiger partial charge in [-0.15, -0.1) is 0 Å². The van der Waals surface area contributed by atoms with Crippen molar-refractivity contribution in [2.24, 2.45) is 4.99 Å². The molecule has 0 bridgehead atoms. The highest BCUT2D eigenvalue weighted by Crippen LogP contribution is 2.32. The fourth-order valence-electron chi connectivity index (χ4n) is 1.21. The molecule has 0 fully saturated rings. The van der Waals surface area contributed by atoms with Crippen LogP contribution in [0.4, 0.5) is 17.6 Å². The Morgan fingerprint density at radius 1 is 1.31 bits per heavy atom. The molecule has 0 unspecified atom stereocenters. The number of aliphatic imine (C=N–C) groups is 1. The van der Waals surface area contributed by atoms with E-state index >= 15 is 0 Å². The zero-order valence-corrected chi connectivity index (χ0v) is 8.01. The molecule has 0 saturated heterocycles. The second kappa shape index (κ2) is 4.90. The van der Waals surface area contributed by atoms with Crippen LogP contribution in [0.3, 0.4) is 0 Å². The Balaban J connectivity index is 2.99. The smallest absolute Gasteiger partial charge is 0.211 e. The van der Waals surface area contributed by atoms with Gasteiger partial charge in [0, 0.05) is 0 Å². The lowest BCUT2D eigenvalue weighted by Gasteiger charge is -2.10. The summed E-state index contributed by atoms with van der Waals surface area (Å²) in [7, 11) is 0. The average Bonchev–Trinajstić information content (AvgIpc) is 2.19. The van der Waals surface area contributed by atoms with Gasteiger partial charge in [-0.1, -0.05) is 12.1 Å². The molecule has 0 aliphatic rings. The van der Waals surface area contributed by atoms with Crippen LogP contribution in [0.1, 0.15) is 11.1 Å². The SMILES string of the molecule is O=C=NCCc1cccc(C(F)(F)F)c1F. The van der Waals surface area contributed by atoms with Crippen molar-refractivity contribution in [3.8, 4) is 0 Å². The monoisotopic (exact) mass is 233 g/mol. The van der Waals surface area contributed by atoms with Crippen molar-refractivity contribution < 1.29 is 22.4 Å². The van der Waals surface area contributed by atoms with Gasteiger partial charge < -0.3 is 0 Å². The van der Waals surface area contributed by atoms with E-state index in [4.69, 9.17) is 0 Å². The van der Waals surface area contributed by atoms with Crippen LogP contribution in [0, 0.1) is 5.82 Å². The maximum atomic E-state index is 13.3. The van der Waals surface area contributed by atoms with Crippen molar-refractivity contribution >= 4 is 6.08 Å². The summed E-state index contributed by atoms with van der Waals surface area (Å²) >= 11 is 0. The predicted octanol–water partition coefficient (Wildman–Crippen LogP) is 2.72. The van der Waals surface area contributed by atoms with E-state index in [0.717, 1.165) is 6.07 Å². The maximum Gasteiger partial charge on any atom is 0.419 e. The number of halogens is 4. The first kappa shape index (κ1) is 12.4. The largest absolute Gasteiger partial charge is 0.419 e. The third kappa shape index (κ3) is 2.90. The summed E-state index contributed by atoms with van der Waals surface area (Å²) in [5.74, 6) is -1.31. The van der Waals surface area contributed by atoms with Crippen molar-refractivity contribution in [1.82, 2.24) is 0 Å². The van der Waals surface area contributed by atoms with Crippen molar-refractivity contribution in [2.75, 3.05) is 6.54 Å². The number of rotatable bonds is 3. The summed E-state index contributed by atoms with van der Waals surface area (Å²) in [6.07, 6.45) is -3.55. The van der Waals surface area contributed by atoms with Gasteiger partial charge in [0.1, 0.15) is 5.82 Å². The summed E-state index contributed by atoms with van der Waals surface area (Å²) in [4.78, 5) is 12.9. The van der Waals surface area contributed by atoms with Crippen LogP contribution >= 0.6 is 0 Å². The number of alkyl halides is 3. The van der Waals surface area contributed by atoms with Gasteiger partial charge in [-0.05, 0) is 18.1 Å². The van der Waals surface area contributed by atoms with Crippen LogP contribution < -0.4 is 0 Å². The molecule has 0 atom stereocenters. The molecular weight excluding hydrogens is 226 g/mol. The van der Waals surface area contributed by atoms with E-state index in [-0.39, 0.29) is 18.5 Å². The molecule has 0 spiro atoms.